The second-order valence-electron chi connectivity index (χ2n) is 6.53. The maximum Gasteiger partial charge on any atom is 0.431 e. The van der Waals surface area contributed by atoms with Crippen molar-refractivity contribution in [2.75, 3.05) is 0 Å². The molecule has 126 valence electrons. The lowest BCUT2D eigenvalue weighted by atomic mass is 10.00. The van der Waals surface area contributed by atoms with Crippen molar-refractivity contribution in [3.05, 3.63) is 65.1 Å². The van der Waals surface area contributed by atoms with Crippen LogP contribution in [0.15, 0.2) is 42.5 Å². The van der Waals surface area contributed by atoms with E-state index in [-0.39, 0.29) is 6.04 Å². The molecule has 2 nitrogen and oxygen atoms in total. The summed E-state index contributed by atoms with van der Waals surface area (Å²) in [6, 6.07) is 12.0. The van der Waals surface area contributed by atoms with Gasteiger partial charge in [0.15, 0.2) is 5.69 Å². The van der Waals surface area contributed by atoms with Crippen LogP contribution in [0.25, 0.3) is 26.9 Å². The van der Waals surface area contributed by atoms with E-state index in [0.29, 0.717) is 22.2 Å². The van der Waals surface area contributed by atoms with Crippen molar-refractivity contribution >= 4 is 16.6 Å². The van der Waals surface area contributed by atoms with Gasteiger partial charge in [-0.1, -0.05) is 29.8 Å². The van der Waals surface area contributed by atoms with Gasteiger partial charge in [0.25, 0.3) is 0 Å². The number of halogens is 3. The van der Waals surface area contributed by atoms with Crippen LogP contribution in [-0.4, -0.2) is 4.57 Å². The molecule has 1 heterocycles. The van der Waals surface area contributed by atoms with Gasteiger partial charge in [-0.15, -0.1) is 0 Å². The van der Waals surface area contributed by atoms with Crippen LogP contribution in [0.3, 0.4) is 0 Å². The molecular formula is C20H15F3N2. The van der Waals surface area contributed by atoms with Gasteiger partial charge in [-0.05, 0) is 49.1 Å². The quantitative estimate of drug-likeness (QED) is 0.470. The van der Waals surface area contributed by atoms with Crippen LogP contribution in [0, 0.1) is 13.5 Å². The Morgan fingerprint density at radius 2 is 1.76 bits per heavy atom. The van der Waals surface area contributed by atoms with Gasteiger partial charge in [-0.3, -0.25) is 0 Å². The zero-order valence-electron chi connectivity index (χ0n) is 13.6. The molecule has 1 aliphatic rings. The number of rotatable bonds is 2. The summed E-state index contributed by atoms with van der Waals surface area (Å²) in [6.07, 6.45) is -2.92. The second-order valence-corrected chi connectivity index (χ2v) is 6.53. The summed E-state index contributed by atoms with van der Waals surface area (Å²) in [7, 11) is 0. The smallest absolute Gasteiger partial charge is 0.335 e. The number of aromatic nitrogens is 1. The number of alkyl halides is 3. The van der Waals surface area contributed by atoms with Gasteiger partial charge in [0.2, 0.25) is 0 Å². The Bertz CT molecular complexity index is 1000. The van der Waals surface area contributed by atoms with Crippen molar-refractivity contribution in [3.63, 3.8) is 0 Å². The lowest BCUT2D eigenvalue weighted by molar-refractivity contribution is -0.143. The summed E-state index contributed by atoms with van der Waals surface area (Å²) < 4.78 is 42.1. The van der Waals surface area contributed by atoms with Crippen LogP contribution < -0.4 is 0 Å². The zero-order chi connectivity index (χ0) is 17.8. The summed E-state index contributed by atoms with van der Waals surface area (Å²) in [4.78, 5) is 3.47. The standard InChI is InChI=1S/C20H15F3N2/c1-12-3-5-13(6-4-12)16-9-14(24-2)10-18-17(16)11-19(20(21,22)23)25(18)15-7-8-15/h3-6,9-11,15H,7-8H2,1H3. The predicted octanol–water partition coefficient (Wildman–Crippen LogP) is 6.52. The van der Waals surface area contributed by atoms with Gasteiger partial charge in [-0.2, -0.15) is 13.2 Å². The minimum atomic E-state index is -4.41. The highest BCUT2D eigenvalue weighted by atomic mass is 19.4. The van der Waals surface area contributed by atoms with Gasteiger partial charge < -0.3 is 4.57 Å². The average molecular weight is 340 g/mol. The molecule has 0 spiro atoms. The number of benzene rings is 2. The Morgan fingerprint density at radius 1 is 1.08 bits per heavy atom. The van der Waals surface area contributed by atoms with E-state index in [9.17, 15) is 13.2 Å². The lowest BCUT2D eigenvalue weighted by Gasteiger charge is -2.12. The van der Waals surface area contributed by atoms with Gasteiger partial charge in [0.05, 0.1) is 6.57 Å². The number of nitrogens with zero attached hydrogens (tertiary/aromatic N) is 2. The molecule has 1 fully saturated rings. The first kappa shape index (κ1) is 15.8. The maximum absolute atomic E-state index is 13.6. The first-order valence-electron chi connectivity index (χ1n) is 8.09. The molecule has 0 N–H and O–H groups in total. The number of hydrogen-bond donors (Lipinski definition) is 0. The highest BCUT2D eigenvalue weighted by molar-refractivity contribution is 5.99. The minimum Gasteiger partial charge on any atom is -0.335 e. The second kappa shape index (κ2) is 5.38. The van der Waals surface area contributed by atoms with Crippen molar-refractivity contribution in [2.24, 2.45) is 0 Å². The molecule has 0 bridgehead atoms. The Hall–Kier alpha value is -2.74. The summed E-state index contributed by atoms with van der Waals surface area (Å²) in [6.45, 7) is 9.29. The Morgan fingerprint density at radius 3 is 2.32 bits per heavy atom. The SMILES string of the molecule is [C-]#[N+]c1cc(-c2ccc(C)cc2)c2cc(C(F)(F)F)n(C3CC3)c2c1. The fraction of sp³-hybridized carbons (Fsp3) is 0.250. The molecule has 0 atom stereocenters. The van der Waals surface area contributed by atoms with E-state index in [2.05, 4.69) is 4.85 Å². The van der Waals surface area contributed by atoms with Crippen molar-refractivity contribution in [1.82, 2.24) is 4.57 Å². The zero-order valence-corrected chi connectivity index (χ0v) is 13.6. The summed E-state index contributed by atoms with van der Waals surface area (Å²) in [5, 5.41) is 0.551. The summed E-state index contributed by atoms with van der Waals surface area (Å²) in [5.41, 5.74) is 2.81. The molecule has 1 saturated carbocycles. The molecule has 3 aromatic rings. The molecule has 25 heavy (non-hydrogen) atoms. The number of fused-ring (bicyclic) bond motifs is 1. The minimum absolute atomic E-state index is 0.124. The van der Waals surface area contributed by atoms with Crippen LogP contribution in [-0.2, 0) is 6.18 Å². The molecule has 1 aromatic heterocycles. The monoisotopic (exact) mass is 340 g/mol. The fourth-order valence-corrected chi connectivity index (χ4v) is 3.29. The van der Waals surface area contributed by atoms with Gasteiger partial charge in [0, 0.05) is 16.9 Å². The third-order valence-electron chi connectivity index (χ3n) is 4.64. The van der Waals surface area contributed by atoms with Gasteiger partial charge in [0.1, 0.15) is 5.69 Å². The van der Waals surface area contributed by atoms with Crippen molar-refractivity contribution in [3.8, 4) is 11.1 Å². The molecule has 0 amide bonds. The molecule has 0 aliphatic heterocycles. The normalized spacial score (nSPS) is 14.7. The molecule has 0 radical (unpaired) electrons. The summed E-state index contributed by atoms with van der Waals surface area (Å²) in [5.74, 6) is 0. The van der Waals surface area contributed by atoms with Crippen molar-refractivity contribution < 1.29 is 13.2 Å². The third-order valence-corrected chi connectivity index (χ3v) is 4.64. The maximum atomic E-state index is 13.6. The molecular weight excluding hydrogens is 325 g/mol. The van der Waals surface area contributed by atoms with Gasteiger partial charge in [-0.25, -0.2) is 4.85 Å². The Kier molecular flexibility index (Phi) is 3.40. The first-order chi connectivity index (χ1) is 11.9. The van der Waals surface area contributed by atoms with E-state index in [1.165, 1.54) is 10.6 Å². The highest BCUT2D eigenvalue weighted by Gasteiger charge is 2.40. The van der Waals surface area contributed by atoms with Crippen LogP contribution in [0.4, 0.5) is 18.9 Å². The Labute approximate surface area is 143 Å². The van der Waals surface area contributed by atoms with Gasteiger partial charge >= 0.3 is 6.18 Å². The van der Waals surface area contributed by atoms with Crippen molar-refractivity contribution in [2.45, 2.75) is 32.0 Å². The topological polar surface area (TPSA) is 9.29 Å². The average Bonchev–Trinajstić information content (AvgIpc) is 3.33. The molecule has 4 rings (SSSR count). The molecule has 5 heteroatoms. The first-order valence-corrected chi connectivity index (χ1v) is 8.09. The van der Waals surface area contributed by atoms with E-state index < -0.39 is 11.9 Å². The van der Waals surface area contributed by atoms with E-state index in [1.54, 1.807) is 12.1 Å². The molecule has 0 saturated heterocycles. The lowest BCUT2D eigenvalue weighted by Crippen LogP contribution is -2.12. The van der Waals surface area contributed by atoms with E-state index in [0.717, 1.165) is 24.0 Å². The van der Waals surface area contributed by atoms with E-state index in [4.69, 9.17) is 6.57 Å². The molecule has 1 aliphatic carbocycles. The van der Waals surface area contributed by atoms with Crippen LogP contribution in [0.2, 0.25) is 0 Å². The van der Waals surface area contributed by atoms with E-state index in [1.807, 2.05) is 31.2 Å². The Balaban J connectivity index is 2.06. The molecule has 0 unspecified atom stereocenters. The fourth-order valence-electron chi connectivity index (χ4n) is 3.29. The largest absolute Gasteiger partial charge is 0.431 e. The number of hydrogen-bond acceptors (Lipinski definition) is 0. The van der Waals surface area contributed by atoms with Crippen molar-refractivity contribution in [1.29, 1.82) is 0 Å². The predicted molar refractivity (Wildman–Crippen MR) is 91.6 cm³/mol. The highest BCUT2D eigenvalue weighted by Crippen LogP contribution is 2.46. The third kappa shape index (κ3) is 2.68. The van der Waals surface area contributed by atoms with Crippen LogP contribution in [0.5, 0.6) is 0 Å². The van der Waals surface area contributed by atoms with Crippen LogP contribution in [0.1, 0.15) is 30.1 Å². The van der Waals surface area contributed by atoms with E-state index >= 15 is 0 Å². The van der Waals surface area contributed by atoms with Crippen LogP contribution >= 0.6 is 0 Å². The summed E-state index contributed by atoms with van der Waals surface area (Å²) >= 11 is 0. The molecule has 2 aromatic carbocycles. The number of aryl methyl sites for hydroxylation is 1.